The maximum atomic E-state index is 10.4. The van der Waals surface area contributed by atoms with E-state index in [0.29, 0.717) is 25.7 Å². The minimum absolute atomic E-state index is 0.163. The van der Waals surface area contributed by atoms with Crippen molar-refractivity contribution in [3.05, 3.63) is 72.9 Å². The molecule has 0 aliphatic carbocycles. The number of rotatable bonds is 15. The van der Waals surface area contributed by atoms with Crippen LogP contribution in [-0.4, -0.2) is 44.7 Å². The monoisotopic (exact) mass is 390 g/mol. The first kappa shape index (κ1) is 25.8. The molecule has 0 amide bonds. The Bertz CT molecular complexity index is 570. The molecule has 0 saturated heterocycles. The fourth-order valence-corrected chi connectivity index (χ4v) is 2.10. The Morgan fingerprint density at radius 2 is 1.43 bits per heavy atom. The summed E-state index contributed by atoms with van der Waals surface area (Å²) >= 11 is 0. The molecule has 0 aliphatic heterocycles. The number of aliphatic carboxylic acids is 1. The lowest BCUT2D eigenvalue weighted by molar-refractivity contribution is -0.137. The van der Waals surface area contributed by atoms with Gasteiger partial charge >= 0.3 is 5.97 Å². The summed E-state index contributed by atoms with van der Waals surface area (Å²) in [4.78, 5) is 10.4. The molecule has 5 heteroatoms. The van der Waals surface area contributed by atoms with Gasteiger partial charge in [0.2, 0.25) is 0 Å². The first-order chi connectivity index (χ1) is 13.5. The van der Waals surface area contributed by atoms with Crippen molar-refractivity contribution in [2.45, 2.75) is 63.8 Å². The van der Waals surface area contributed by atoms with Gasteiger partial charge in [-0.05, 0) is 32.1 Å². The fraction of sp³-hybridized carbons (Fsp3) is 0.435. The molecular weight excluding hydrogens is 356 g/mol. The van der Waals surface area contributed by atoms with Crippen LogP contribution >= 0.6 is 0 Å². The second kappa shape index (κ2) is 18.2. The average molecular weight is 391 g/mol. The van der Waals surface area contributed by atoms with Gasteiger partial charge in [0.25, 0.3) is 0 Å². The molecule has 0 bridgehead atoms. The van der Waals surface area contributed by atoms with Gasteiger partial charge in [0.05, 0.1) is 18.3 Å². The highest BCUT2D eigenvalue weighted by atomic mass is 16.4. The van der Waals surface area contributed by atoms with E-state index >= 15 is 0 Å². The summed E-state index contributed by atoms with van der Waals surface area (Å²) in [5.74, 6) is -0.790. The SMILES string of the molecule is CC/C=C\C[C@H](O)[C@H](O)/C=C/C=C/C=C\C=C\[C@@H](O)C/C=C\CCCC(=O)O. The quantitative estimate of drug-likeness (QED) is 0.193. The highest BCUT2D eigenvalue weighted by molar-refractivity contribution is 5.66. The van der Waals surface area contributed by atoms with Gasteiger partial charge in [-0.1, -0.05) is 79.8 Å². The highest BCUT2D eigenvalue weighted by Gasteiger charge is 2.10. The lowest BCUT2D eigenvalue weighted by Crippen LogP contribution is -2.22. The van der Waals surface area contributed by atoms with Crippen molar-refractivity contribution in [1.29, 1.82) is 0 Å². The molecule has 3 atom stereocenters. The van der Waals surface area contributed by atoms with E-state index in [1.54, 1.807) is 42.5 Å². The van der Waals surface area contributed by atoms with Crippen molar-refractivity contribution in [3.63, 3.8) is 0 Å². The van der Waals surface area contributed by atoms with Gasteiger partial charge in [0.15, 0.2) is 0 Å². The molecule has 0 aromatic rings. The van der Waals surface area contributed by atoms with E-state index in [0.717, 1.165) is 6.42 Å². The topological polar surface area (TPSA) is 98.0 Å². The third-order valence-corrected chi connectivity index (χ3v) is 3.68. The molecule has 0 aromatic heterocycles. The van der Waals surface area contributed by atoms with E-state index in [1.807, 2.05) is 31.2 Å². The summed E-state index contributed by atoms with van der Waals surface area (Å²) < 4.78 is 0. The van der Waals surface area contributed by atoms with Crippen molar-refractivity contribution in [1.82, 2.24) is 0 Å². The molecule has 0 heterocycles. The zero-order valence-corrected chi connectivity index (χ0v) is 16.6. The van der Waals surface area contributed by atoms with Gasteiger partial charge in [-0.2, -0.15) is 0 Å². The first-order valence-corrected chi connectivity index (χ1v) is 9.71. The van der Waals surface area contributed by atoms with E-state index in [1.165, 1.54) is 6.08 Å². The van der Waals surface area contributed by atoms with E-state index < -0.39 is 24.3 Å². The van der Waals surface area contributed by atoms with Gasteiger partial charge in [-0.15, -0.1) is 0 Å². The van der Waals surface area contributed by atoms with Crippen LogP contribution in [0.4, 0.5) is 0 Å². The number of aliphatic hydroxyl groups is 3. The van der Waals surface area contributed by atoms with Crippen LogP contribution in [0.25, 0.3) is 0 Å². The Kier molecular flexibility index (Phi) is 16.7. The molecule has 0 fully saturated rings. The number of hydrogen-bond donors (Lipinski definition) is 4. The second-order valence-electron chi connectivity index (χ2n) is 6.27. The highest BCUT2D eigenvalue weighted by Crippen LogP contribution is 2.03. The van der Waals surface area contributed by atoms with Crippen LogP contribution in [0.2, 0.25) is 0 Å². The number of hydrogen-bond acceptors (Lipinski definition) is 4. The van der Waals surface area contributed by atoms with E-state index in [9.17, 15) is 20.1 Å². The summed E-state index contributed by atoms with van der Waals surface area (Å²) in [6.45, 7) is 2.01. The van der Waals surface area contributed by atoms with Crippen LogP contribution in [0.5, 0.6) is 0 Å². The molecular formula is C23H34O5. The van der Waals surface area contributed by atoms with Crippen LogP contribution in [0, 0.1) is 0 Å². The third-order valence-electron chi connectivity index (χ3n) is 3.68. The standard InChI is InChI=1S/C23H34O5/c1-2-3-10-17-21(25)22(26)18-13-7-5-4-6-11-15-20(24)16-12-8-9-14-19-23(27)28/h3-8,10-13,15,18,20-22,24-26H,2,9,14,16-17,19H2,1H3,(H,27,28)/b6-4-,7-5+,10-3-,12-8-,15-11+,18-13+/t20-,21+,22-/m1/s1. The molecule has 0 saturated carbocycles. The molecule has 0 rings (SSSR count). The number of carbonyl (C=O) groups is 1. The van der Waals surface area contributed by atoms with E-state index in [-0.39, 0.29) is 6.42 Å². The normalized spacial score (nSPS) is 16.4. The molecule has 0 aliphatic rings. The minimum atomic E-state index is -0.901. The number of unbranched alkanes of at least 4 members (excludes halogenated alkanes) is 1. The predicted octanol–water partition coefficient (Wildman–Crippen LogP) is 3.85. The van der Waals surface area contributed by atoms with Crippen LogP contribution in [0.3, 0.4) is 0 Å². The lowest BCUT2D eigenvalue weighted by atomic mass is 10.1. The zero-order valence-electron chi connectivity index (χ0n) is 16.6. The summed E-state index contributed by atoms with van der Waals surface area (Å²) in [5, 5.41) is 37.8. The van der Waals surface area contributed by atoms with E-state index in [4.69, 9.17) is 5.11 Å². The van der Waals surface area contributed by atoms with Crippen molar-refractivity contribution in [2.24, 2.45) is 0 Å². The Morgan fingerprint density at radius 1 is 0.821 bits per heavy atom. The smallest absolute Gasteiger partial charge is 0.303 e. The molecule has 0 spiro atoms. The largest absolute Gasteiger partial charge is 0.481 e. The number of allylic oxidation sites excluding steroid dienone is 8. The molecule has 5 nitrogen and oxygen atoms in total. The lowest BCUT2D eigenvalue weighted by Gasteiger charge is -2.11. The number of carboxylic acid groups (broad SMARTS) is 1. The van der Waals surface area contributed by atoms with Crippen molar-refractivity contribution in [2.75, 3.05) is 0 Å². The summed E-state index contributed by atoms with van der Waals surface area (Å²) in [6.07, 6.45) is 22.3. The molecule has 4 N–H and O–H groups in total. The van der Waals surface area contributed by atoms with Gasteiger partial charge < -0.3 is 20.4 Å². The molecule has 0 unspecified atom stereocenters. The molecule has 0 aromatic carbocycles. The maximum Gasteiger partial charge on any atom is 0.303 e. The fourth-order valence-electron chi connectivity index (χ4n) is 2.10. The van der Waals surface area contributed by atoms with Crippen LogP contribution in [0.15, 0.2) is 72.9 Å². The van der Waals surface area contributed by atoms with Crippen molar-refractivity contribution >= 4 is 5.97 Å². The minimum Gasteiger partial charge on any atom is -0.481 e. The van der Waals surface area contributed by atoms with Crippen molar-refractivity contribution in [3.8, 4) is 0 Å². The Labute approximate surface area is 168 Å². The predicted molar refractivity (Wildman–Crippen MR) is 114 cm³/mol. The summed E-state index contributed by atoms with van der Waals surface area (Å²) in [6, 6.07) is 0. The Balaban J connectivity index is 4.00. The van der Waals surface area contributed by atoms with Crippen molar-refractivity contribution < 1.29 is 25.2 Å². The molecule has 156 valence electrons. The van der Waals surface area contributed by atoms with Crippen LogP contribution in [0.1, 0.15) is 45.4 Å². The van der Waals surface area contributed by atoms with Gasteiger partial charge in [0, 0.05) is 6.42 Å². The average Bonchev–Trinajstić information content (AvgIpc) is 2.66. The van der Waals surface area contributed by atoms with Gasteiger partial charge in [-0.3, -0.25) is 4.79 Å². The molecule has 28 heavy (non-hydrogen) atoms. The Morgan fingerprint density at radius 3 is 2.07 bits per heavy atom. The molecule has 0 radical (unpaired) electrons. The van der Waals surface area contributed by atoms with Gasteiger partial charge in [0.1, 0.15) is 0 Å². The van der Waals surface area contributed by atoms with Crippen LogP contribution < -0.4 is 0 Å². The third kappa shape index (κ3) is 17.2. The second-order valence-corrected chi connectivity index (χ2v) is 6.27. The van der Waals surface area contributed by atoms with E-state index in [2.05, 4.69) is 0 Å². The maximum absolute atomic E-state index is 10.4. The Hall–Kier alpha value is -2.21. The number of aliphatic hydroxyl groups excluding tert-OH is 3. The van der Waals surface area contributed by atoms with Gasteiger partial charge in [-0.25, -0.2) is 0 Å². The van der Waals surface area contributed by atoms with Crippen LogP contribution in [-0.2, 0) is 4.79 Å². The summed E-state index contributed by atoms with van der Waals surface area (Å²) in [7, 11) is 0. The number of carboxylic acids is 1. The first-order valence-electron chi connectivity index (χ1n) is 9.71. The summed E-state index contributed by atoms with van der Waals surface area (Å²) in [5.41, 5.74) is 0. The zero-order chi connectivity index (χ0) is 21.0.